The summed E-state index contributed by atoms with van der Waals surface area (Å²) in [5.74, 6) is 2.65. The Balaban J connectivity index is 2.84. The van der Waals surface area contributed by atoms with Crippen LogP contribution < -0.4 is 0 Å². The standard InChI is InChI=1S/C13H24O2/c1-3-5-7-8-9-10-12-15-13-14-11-6-4-2/h1H,4-13H2,2H3. The second-order valence-electron chi connectivity index (χ2n) is 3.66. The van der Waals surface area contributed by atoms with Gasteiger partial charge in [-0.3, -0.25) is 0 Å². The minimum atomic E-state index is 0.449. The molecule has 0 radical (unpaired) electrons. The van der Waals surface area contributed by atoms with Crippen molar-refractivity contribution in [2.75, 3.05) is 20.0 Å². The van der Waals surface area contributed by atoms with Crippen molar-refractivity contribution in [3.8, 4) is 12.3 Å². The Morgan fingerprint density at radius 3 is 2.27 bits per heavy atom. The van der Waals surface area contributed by atoms with Crippen molar-refractivity contribution in [1.29, 1.82) is 0 Å². The molecule has 0 aromatic heterocycles. The Morgan fingerprint density at radius 2 is 1.60 bits per heavy atom. The lowest BCUT2D eigenvalue weighted by atomic mass is 10.1. The van der Waals surface area contributed by atoms with Crippen molar-refractivity contribution in [3.63, 3.8) is 0 Å². The van der Waals surface area contributed by atoms with Crippen molar-refractivity contribution < 1.29 is 9.47 Å². The predicted molar refractivity (Wildman–Crippen MR) is 63.6 cm³/mol. The minimum absolute atomic E-state index is 0.449. The molecule has 0 rings (SSSR count). The third kappa shape index (κ3) is 13.5. The smallest absolute Gasteiger partial charge is 0.146 e. The SMILES string of the molecule is C#CCCCCCCOCOCCCC. The molecule has 0 saturated carbocycles. The van der Waals surface area contributed by atoms with E-state index in [1.807, 2.05) is 0 Å². The fraction of sp³-hybridized carbons (Fsp3) is 0.846. The molecule has 0 N–H and O–H groups in total. The van der Waals surface area contributed by atoms with Crippen LogP contribution in [0.15, 0.2) is 0 Å². The van der Waals surface area contributed by atoms with E-state index in [0.717, 1.165) is 38.9 Å². The zero-order valence-corrected chi connectivity index (χ0v) is 9.96. The molecule has 0 unspecified atom stereocenters. The highest BCUT2D eigenvalue weighted by molar-refractivity contribution is 4.82. The van der Waals surface area contributed by atoms with Crippen LogP contribution in [0.4, 0.5) is 0 Å². The summed E-state index contributed by atoms with van der Waals surface area (Å²) in [6, 6.07) is 0. The molecule has 0 bridgehead atoms. The highest BCUT2D eigenvalue weighted by Crippen LogP contribution is 2.02. The van der Waals surface area contributed by atoms with Crippen LogP contribution in [0.1, 0.15) is 51.9 Å². The van der Waals surface area contributed by atoms with Gasteiger partial charge in [-0.25, -0.2) is 0 Å². The van der Waals surface area contributed by atoms with Gasteiger partial charge in [-0.15, -0.1) is 12.3 Å². The van der Waals surface area contributed by atoms with Gasteiger partial charge in [-0.2, -0.15) is 0 Å². The fourth-order valence-electron chi connectivity index (χ4n) is 1.21. The molecular weight excluding hydrogens is 188 g/mol. The van der Waals surface area contributed by atoms with Crippen molar-refractivity contribution in [2.45, 2.75) is 51.9 Å². The highest BCUT2D eigenvalue weighted by atomic mass is 16.7. The number of ether oxygens (including phenoxy) is 2. The summed E-state index contributed by atoms with van der Waals surface area (Å²) in [6.07, 6.45) is 13.0. The van der Waals surface area contributed by atoms with Gasteiger partial charge < -0.3 is 9.47 Å². The van der Waals surface area contributed by atoms with Crippen LogP contribution >= 0.6 is 0 Å². The lowest BCUT2D eigenvalue weighted by Gasteiger charge is -2.04. The molecule has 0 aliphatic carbocycles. The first-order valence-electron chi connectivity index (χ1n) is 6.00. The summed E-state index contributed by atoms with van der Waals surface area (Å²) in [7, 11) is 0. The first-order valence-corrected chi connectivity index (χ1v) is 6.00. The van der Waals surface area contributed by atoms with Gasteiger partial charge in [0.25, 0.3) is 0 Å². The molecule has 15 heavy (non-hydrogen) atoms. The van der Waals surface area contributed by atoms with Crippen LogP contribution in [0, 0.1) is 12.3 Å². The maximum Gasteiger partial charge on any atom is 0.146 e. The molecular formula is C13H24O2. The quantitative estimate of drug-likeness (QED) is 0.297. The number of terminal acetylenes is 1. The number of hydrogen-bond acceptors (Lipinski definition) is 2. The van der Waals surface area contributed by atoms with Crippen molar-refractivity contribution in [3.05, 3.63) is 0 Å². The molecule has 0 atom stereocenters. The van der Waals surface area contributed by atoms with E-state index < -0.39 is 0 Å². The van der Waals surface area contributed by atoms with E-state index in [-0.39, 0.29) is 0 Å². The first kappa shape index (κ1) is 14.5. The lowest BCUT2D eigenvalue weighted by molar-refractivity contribution is -0.0553. The molecule has 2 nitrogen and oxygen atoms in total. The molecule has 2 heteroatoms. The maximum absolute atomic E-state index is 5.32. The molecule has 0 fully saturated rings. The summed E-state index contributed by atoms with van der Waals surface area (Å²) in [4.78, 5) is 0. The monoisotopic (exact) mass is 212 g/mol. The van der Waals surface area contributed by atoms with Crippen molar-refractivity contribution in [2.24, 2.45) is 0 Å². The van der Waals surface area contributed by atoms with Crippen molar-refractivity contribution >= 4 is 0 Å². The van der Waals surface area contributed by atoms with E-state index in [4.69, 9.17) is 15.9 Å². The average Bonchev–Trinajstić information content (AvgIpc) is 2.26. The number of unbranched alkanes of at least 4 members (excludes halogenated alkanes) is 5. The molecule has 0 aromatic carbocycles. The summed E-state index contributed by atoms with van der Waals surface area (Å²) in [6.45, 7) is 4.23. The Kier molecular flexibility index (Phi) is 13.0. The summed E-state index contributed by atoms with van der Waals surface area (Å²) < 4.78 is 10.6. The second-order valence-corrected chi connectivity index (χ2v) is 3.66. The summed E-state index contributed by atoms with van der Waals surface area (Å²) in [5.41, 5.74) is 0. The maximum atomic E-state index is 5.32. The molecule has 0 aliphatic rings. The first-order chi connectivity index (χ1) is 7.41. The zero-order chi connectivity index (χ0) is 11.2. The molecule has 0 heterocycles. The number of rotatable bonds is 11. The van der Waals surface area contributed by atoms with Crippen LogP contribution in [-0.4, -0.2) is 20.0 Å². The van der Waals surface area contributed by atoms with Crippen LogP contribution in [0.3, 0.4) is 0 Å². The van der Waals surface area contributed by atoms with Crippen LogP contribution in [0.2, 0.25) is 0 Å². The average molecular weight is 212 g/mol. The molecule has 0 amide bonds. The highest BCUT2D eigenvalue weighted by Gasteiger charge is 1.91. The Bertz CT molecular complexity index is 149. The zero-order valence-electron chi connectivity index (χ0n) is 9.96. The summed E-state index contributed by atoms with van der Waals surface area (Å²) in [5, 5.41) is 0. The molecule has 0 spiro atoms. The van der Waals surface area contributed by atoms with Gasteiger partial charge in [0.15, 0.2) is 0 Å². The van der Waals surface area contributed by atoms with E-state index >= 15 is 0 Å². The minimum Gasteiger partial charge on any atom is -0.355 e. The third-order valence-corrected chi connectivity index (χ3v) is 2.17. The predicted octanol–water partition coefficient (Wildman–Crippen LogP) is 3.36. The van der Waals surface area contributed by atoms with E-state index in [2.05, 4.69) is 12.8 Å². The third-order valence-electron chi connectivity index (χ3n) is 2.17. The van der Waals surface area contributed by atoms with Crippen LogP contribution in [-0.2, 0) is 9.47 Å². The van der Waals surface area contributed by atoms with E-state index in [9.17, 15) is 0 Å². The topological polar surface area (TPSA) is 18.5 Å². The Labute approximate surface area is 94.3 Å². The van der Waals surface area contributed by atoms with Gasteiger partial charge in [0.1, 0.15) is 6.79 Å². The van der Waals surface area contributed by atoms with Gasteiger partial charge in [0, 0.05) is 19.6 Å². The molecule has 0 aromatic rings. The molecule has 88 valence electrons. The van der Waals surface area contributed by atoms with E-state index in [1.54, 1.807) is 0 Å². The summed E-state index contributed by atoms with van der Waals surface area (Å²) >= 11 is 0. The number of hydrogen-bond donors (Lipinski definition) is 0. The fourth-order valence-corrected chi connectivity index (χ4v) is 1.21. The molecule has 0 saturated heterocycles. The van der Waals surface area contributed by atoms with Gasteiger partial charge in [-0.05, 0) is 19.3 Å². The lowest BCUT2D eigenvalue weighted by Crippen LogP contribution is -2.02. The van der Waals surface area contributed by atoms with E-state index in [0.29, 0.717) is 6.79 Å². The van der Waals surface area contributed by atoms with E-state index in [1.165, 1.54) is 19.3 Å². The normalized spacial score (nSPS) is 10.1. The second kappa shape index (κ2) is 13.5. The van der Waals surface area contributed by atoms with Gasteiger partial charge in [0.2, 0.25) is 0 Å². The Hall–Kier alpha value is -0.520. The van der Waals surface area contributed by atoms with Gasteiger partial charge >= 0.3 is 0 Å². The largest absolute Gasteiger partial charge is 0.355 e. The van der Waals surface area contributed by atoms with Crippen LogP contribution in [0.25, 0.3) is 0 Å². The van der Waals surface area contributed by atoms with Gasteiger partial charge in [0.05, 0.1) is 0 Å². The van der Waals surface area contributed by atoms with Gasteiger partial charge in [-0.1, -0.05) is 26.2 Å². The van der Waals surface area contributed by atoms with Crippen molar-refractivity contribution in [1.82, 2.24) is 0 Å². The Morgan fingerprint density at radius 1 is 0.933 bits per heavy atom. The molecule has 0 aliphatic heterocycles. The van der Waals surface area contributed by atoms with Crippen LogP contribution in [0.5, 0.6) is 0 Å².